The van der Waals surface area contributed by atoms with Crippen LogP contribution in [0.3, 0.4) is 0 Å². The van der Waals surface area contributed by atoms with Gasteiger partial charge < -0.3 is 24.6 Å². The molecule has 2 fully saturated rings. The standard InChI is InChI=1S/C24H33N5O2.HI/c1-2-25-24(29-13-10-22(11-14-29)31-21-8-4-3-5-9-21)27-19-20-7-6-12-26-23(20)28-15-17-30-18-16-28;/h3-9,12,22H,2,10-11,13-19H2,1H3,(H,25,27);1H. The van der Waals surface area contributed by atoms with Crippen molar-refractivity contribution in [3.8, 4) is 5.75 Å². The number of anilines is 1. The molecule has 1 N–H and O–H groups in total. The molecule has 1 aromatic carbocycles. The van der Waals surface area contributed by atoms with Crippen LogP contribution in [-0.4, -0.2) is 67.9 Å². The van der Waals surface area contributed by atoms with Gasteiger partial charge in [0.15, 0.2) is 5.96 Å². The van der Waals surface area contributed by atoms with E-state index in [0.29, 0.717) is 6.54 Å². The van der Waals surface area contributed by atoms with Crippen LogP contribution in [-0.2, 0) is 11.3 Å². The molecule has 7 nitrogen and oxygen atoms in total. The number of nitrogens with zero attached hydrogens (tertiary/aromatic N) is 4. The van der Waals surface area contributed by atoms with E-state index in [0.717, 1.165) is 81.9 Å². The molecule has 2 aliphatic rings. The summed E-state index contributed by atoms with van der Waals surface area (Å²) >= 11 is 0. The van der Waals surface area contributed by atoms with E-state index in [2.05, 4.69) is 33.1 Å². The lowest BCUT2D eigenvalue weighted by Gasteiger charge is -2.34. The maximum absolute atomic E-state index is 6.14. The normalized spacial score (nSPS) is 17.6. The van der Waals surface area contributed by atoms with Crippen molar-refractivity contribution in [3.05, 3.63) is 54.2 Å². The van der Waals surface area contributed by atoms with Crippen LogP contribution in [0.25, 0.3) is 0 Å². The van der Waals surface area contributed by atoms with Crippen molar-refractivity contribution >= 4 is 35.8 Å². The molecule has 0 atom stereocenters. The fraction of sp³-hybridized carbons (Fsp3) is 0.500. The van der Waals surface area contributed by atoms with Gasteiger partial charge in [-0.1, -0.05) is 24.3 Å². The first-order valence-electron chi connectivity index (χ1n) is 11.3. The SMILES string of the molecule is CCNC(=NCc1cccnc1N1CCOCC1)N1CCC(Oc2ccccc2)CC1.I. The highest BCUT2D eigenvalue weighted by molar-refractivity contribution is 14.0. The number of aliphatic imine (C=N–C) groups is 1. The van der Waals surface area contributed by atoms with Crippen molar-refractivity contribution in [3.63, 3.8) is 0 Å². The van der Waals surface area contributed by atoms with Gasteiger partial charge in [-0.2, -0.15) is 0 Å². The monoisotopic (exact) mass is 551 g/mol. The predicted octanol–water partition coefficient (Wildman–Crippen LogP) is 3.55. The van der Waals surface area contributed by atoms with Gasteiger partial charge >= 0.3 is 0 Å². The zero-order valence-corrected chi connectivity index (χ0v) is 21.1. The molecule has 0 bridgehead atoms. The van der Waals surface area contributed by atoms with Gasteiger partial charge in [0, 0.05) is 57.3 Å². The molecular formula is C24H34IN5O2. The minimum absolute atomic E-state index is 0. The molecule has 3 heterocycles. The third kappa shape index (κ3) is 6.71. The van der Waals surface area contributed by atoms with Crippen LogP contribution in [0.2, 0.25) is 0 Å². The van der Waals surface area contributed by atoms with Crippen molar-refractivity contribution < 1.29 is 9.47 Å². The third-order valence-corrected chi connectivity index (χ3v) is 5.70. The summed E-state index contributed by atoms with van der Waals surface area (Å²) < 4.78 is 11.6. The average Bonchev–Trinajstić information content (AvgIpc) is 2.84. The number of guanidine groups is 1. The van der Waals surface area contributed by atoms with Crippen LogP contribution in [0.15, 0.2) is 53.7 Å². The fourth-order valence-corrected chi connectivity index (χ4v) is 4.08. The van der Waals surface area contributed by atoms with Crippen LogP contribution in [0.1, 0.15) is 25.3 Å². The van der Waals surface area contributed by atoms with Gasteiger partial charge in [0.1, 0.15) is 17.7 Å². The van der Waals surface area contributed by atoms with E-state index in [4.69, 9.17) is 14.5 Å². The Labute approximate surface area is 208 Å². The van der Waals surface area contributed by atoms with Gasteiger partial charge in [-0.3, -0.25) is 0 Å². The number of hydrogen-bond donors (Lipinski definition) is 1. The molecule has 0 amide bonds. The first kappa shape index (κ1) is 24.6. The lowest BCUT2D eigenvalue weighted by Crippen LogP contribution is -2.47. The molecule has 2 saturated heterocycles. The second-order valence-electron chi connectivity index (χ2n) is 7.87. The first-order chi connectivity index (χ1) is 15.3. The number of likely N-dealkylation sites (tertiary alicyclic amines) is 1. The highest BCUT2D eigenvalue weighted by atomic mass is 127. The third-order valence-electron chi connectivity index (χ3n) is 5.70. The van der Waals surface area contributed by atoms with Crippen molar-refractivity contribution in [2.75, 3.05) is 50.8 Å². The second-order valence-corrected chi connectivity index (χ2v) is 7.87. The van der Waals surface area contributed by atoms with E-state index >= 15 is 0 Å². The van der Waals surface area contributed by atoms with Crippen molar-refractivity contribution in [1.82, 2.24) is 15.2 Å². The van der Waals surface area contributed by atoms with E-state index in [1.807, 2.05) is 42.6 Å². The van der Waals surface area contributed by atoms with Gasteiger partial charge in [0.25, 0.3) is 0 Å². The minimum atomic E-state index is 0. The molecule has 0 spiro atoms. The molecule has 0 saturated carbocycles. The summed E-state index contributed by atoms with van der Waals surface area (Å²) in [7, 11) is 0. The Bertz CT molecular complexity index is 837. The van der Waals surface area contributed by atoms with Crippen LogP contribution in [0, 0.1) is 0 Å². The smallest absolute Gasteiger partial charge is 0.194 e. The Balaban J connectivity index is 0.00000289. The number of hydrogen-bond acceptors (Lipinski definition) is 5. The molecule has 4 rings (SSSR count). The van der Waals surface area contributed by atoms with E-state index in [9.17, 15) is 0 Å². The largest absolute Gasteiger partial charge is 0.490 e. The number of piperidine rings is 1. The maximum atomic E-state index is 6.14. The quantitative estimate of drug-likeness (QED) is 0.337. The number of morpholine rings is 1. The Morgan fingerprint density at radius 3 is 2.56 bits per heavy atom. The molecule has 32 heavy (non-hydrogen) atoms. The highest BCUT2D eigenvalue weighted by Crippen LogP contribution is 2.21. The number of rotatable bonds is 6. The Morgan fingerprint density at radius 2 is 1.84 bits per heavy atom. The maximum Gasteiger partial charge on any atom is 0.194 e. The number of ether oxygens (including phenoxy) is 2. The molecule has 2 aliphatic heterocycles. The summed E-state index contributed by atoms with van der Waals surface area (Å²) in [6.07, 6.45) is 4.10. The summed E-state index contributed by atoms with van der Waals surface area (Å²) in [5.41, 5.74) is 1.15. The summed E-state index contributed by atoms with van der Waals surface area (Å²) in [5.74, 6) is 2.95. The molecule has 1 aromatic heterocycles. The number of pyridine rings is 1. The lowest BCUT2D eigenvalue weighted by atomic mass is 10.1. The fourth-order valence-electron chi connectivity index (χ4n) is 4.08. The summed E-state index contributed by atoms with van der Waals surface area (Å²) in [6.45, 7) is 8.71. The van der Waals surface area contributed by atoms with Crippen LogP contribution < -0.4 is 15.0 Å². The minimum Gasteiger partial charge on any atom is -0.490 e. The number of nitrogens with one attached hydrogen (secondary N) is 1. The molecule has 0 aliphatic carbocycles. The summed E-state index contributed by atoms with van der Waals surface area (Å²) in [5, 5.41) is 3.47. The summed E-state index contributed by atoms with van der Waals surface area (Å²) in [4.78, 5) is 14.2. The molecule has 2 aromatic rings. The Kier molecular flexibility index (Phi) is 9.86. The van der Waals surface area contributed by atoms with Crippen LogP contribution >= 0.6 is 24.0 Å². The predicted molar refractivity (Wildman–Crippen MR) is 139 cm³/mol. The van der Waals surface area contributed by atoms with Crippen molar-refractivity contribution in [2.24, 2.45) is 4.99 Å². The van der Waals surface area contributed by atoms with Gasteiger partial charge in [0.2, 0.25) is 0 Å². The number of aromatic nitrogens is 1. The molecule has 8 heteroatoms. The summed E-state index contributed by atoms with van der Waals surface area (Å²) in [6, 6.07) is 14.2. The molecule has 174 valence electrons. The van der Waals surface area contributed by atoms with Crippen LogP contribution in [0.5, 0.6) is 5.75 Å². The first-order valence-corrected chi connectivity index (χ1v) is 11.3. The topological polar surface area (TPSA) is 62.2 Å². The Hall–Kier alpha value is -2.07. The van der Waals surface area contributed by atoms with E-state index in [1.54, 1.807) is 0 Å². The average molecular weight is 551 g/mol. The number of benzene rings is 1. The lowest BCUT2D eigenvalue weighted by molar-refractivity contribution is 0.122. The zero-order valence-electron chi connectivity index (χ0n) is 18.8. The Morgan fingerprint density at radius 1 is 1.09 bits per heavy atom. The van der Waals surface area contributed by atoms with E-state index in [1.165, 1.54) is 0 Å². The zero-order chi connectivity index (χ0) is 21.3. The van der Waals surface area contributed by atoms with E-state index in [-0.39, 0.29) is 30.1 Å². The highest BCUT2D eigenvalue weighted by Gasteiger charge is 2.23. The second kappa shape index (κ2) is 12.8. The number of halogens is 1. The van der Waals surface area contributed by atoms with E-state index < -0.39 is 0 Å². The van der Waals surface area contributed by atoms with Gasteiger partial charge in [-0.15, -0.1) is 24.0 Å². The number of para-hydroxylation sites is 1. The molecule has 0 radical (unpaired) electrons. The van der Waals surface area contributed by atoms with Crippen LogP contribution in [0.4, 0.5) is 5.82 Å². The van der Waals surface area contributed by atoms with Crippen molar-refractivity contribution in [1.29, 1.82) is 0 Å². The van der Waals surface area contributed by atoms with Gasteiger partial charge in [0.05, 0.1) is 19.8 Å². The van der Waals surface area contributed by atoms with Crippen molar-refractivity contribution in [2.45, 2.75) is 32.4 Å². The van der Waals surface area contributed by atoms with Gasteiger partial charge in [-0.05, 0) is 25.1 Å². The molecular weight excluding hydrogens is 517 g/mol. The molecule has 0 unspecified atom stereocenters. The van der Waals surface area contributed by atoms with Gasteiger partial charge in [-0.25, -0.2) is 9.98 Å².